The number of nitrogens with one attached hydrogen (secondary N) is 3. The Morgan fingerprint density at radius 3 is 2.54 bits per heavy atom. The average molecular weight is 819 g/mol. The number of aromatic nitrogens is 4. The standard InChI is InChI=1S/C42H42N8O8S/c51-37(31-18-19-43-24-44-31)46-32-14-5-3-1-2-4-11-26-22-42(26,41(54)49-59(55,56)28-16-17-28)48-38(52)33-21-27(23-50(33)40(32)53)57-39-36(45-29-12-7-8-13-30(29)47-39)35-20-25-10-6-9-15-34(25)58-35/h4,6-13,15,18-20,24,26-28,32-33H,1-3,5,14,16-17,21-23H2,(H,46,51)(H,48,52)(H,49,54)/t26-,27-,32+,33+,42-/m1/s1. The lowest BCUT2D eigenvalue weighted by Gasteiger charge is -2.29. The van der Waals surface area contributed by atoms with Gasteiger partial charge >= 0.3 is 0 Å². The Labute approximate surface area is 339 Å². The molecule has 4 amide bonds. The number of nitrogens with zero attached hydrogens (tertiary/aromatic N) is 5. The first-order valence-corrected chi connectivity index (χ1v) is 21.5. The van der Waals surface area contributed by atoms with Crippen LogP contribution in [0.15, 0.2) is 89.8 Å². The first-order valence-electron chi connectivity index (χ1n) is 19.9. The number of ether oxygens (including phenoxy) is 1. The van der Waals surface area contributed by atoms with E-state index < -0.39 is 68.5 Å². The van der Waals surface area contributed by atoms with Gasteiger partial charge in [0, 0.05) is 23.9 Å². The van der Waals surface area contributed by atoms with Crippen LogP contribution in [-0.4, -0.2) is 92.4 Å². The van der Waals surface area contributed by atoms with Crippen LogP contribution < -0.4 is 20.1 Å². The van der Waals surface area contributed by atoms with Crippen LogP contribution in [0, 0.1) is 5.92 Å². The molecule has 2 aliphatic carbocycles. The van der Waals surface area contributed by atoms with Crippen molar-refractivity contribution in [2.75, 3.05) is 6.54 Å². The number of carbonyl (C=O) groups is 4. The molecule has 4 aliphatic rings. The van der Waals surface area contributed by atoms with Crippen molar-refractivity contribution in [3.05, 3.63) is 91.0 Å². The summed E-state index contributed by atoms with van der Waals surface area (Å²) in [5, 5.41) is 5.94. The third-order valence-corrected chi connectivity index (χ3v) is 13.3. The number of fused-ring (bicyclic) bond motifs is 4. The van der Waals surface area contributed by atoms with Crippen LogP contribution in [0.1, 0.15) is 68.3 Å². The highest BCUT2D eigenvalue weighted by atomic mass is 32.2. The molecule has 59 heavy (non-hydrogen) atoms. The van der Waals surface area contributed by atoms with E-state index in [-0.39, 0.29) is 37.4 Å². The minimum absolute atomic E-state index is 0.0171. The summed E-state index contributed by atoms with van der Waals surface area (Å²) in [5.41, 5.74) is 0.666. The second kappa shape index (κ2) is 15.5. The number of benzene rings is 2. The molecule has 16 nitrogen and oxygen atoms in total. The van der Waals surface area contributed by atoms with Gasteiger partial charge in [0.1, 0.15) is 41.3 Å². The fourth-order valence-electron chi connectivity index (χ4n) is 7.99. The van der Waals surface area contributed by atoms with Crippen molar-refractivity contribution in [3.8, 4) is 17.3 Å². The highest BCUT2D eigenvalue weighted by molar-refractivity contribution is 7.91. The lowest BCUT2D eigenvalue weighted by Crippen LogP contribution is -2.58. The minimum atomic E-state index is -3.92. The van der Waals surface area contributed by atoms with Crippen LogP contribution in [0.3, 0.4) is 0 Å². The van der Waals surface area contributed by atoms with Gasteiger partial charge in [-0.2, -0.15) is 0 Å². The van der Waals surface area contributed by atoms with Crippen LogP contribution >= 0.6 is 0 Å². The summed E-state index contributed by atoms with van der Waals surface area (Å²) in [6.45, 7) is -0.0799. The monoisotopic (exact) mass is 818 g/mol. The van der Waals surface area contributed by atoms with Crippen molar-refractivity contribution in [1.82, 2.24) is 40.2 Å². The van der Waals surface area contributed by atoms with Crippen molar-refractivity contribution in [1.29, 1.82) is 0 Å². The number of rotatable bonds is 8. The number of allylic oxidation sites excluding steroid dienone is 1. The topological polar surface area (TPSA) is 216 Å². The predicted octanol–water partition coefficient (Wildman–Crippen LogP) is 3.98. The molecule has 0 spiro atoms. The molecule has 5 heterocycles. The molecule has 0 unspecified atom stereocenters. The molecule has 5 atom stereocenters. The Bertz CT molecular complexity index is 2560. The predicted molar refractivity (Wildman–Crippen MR) is 214 cm³/mol. The van der Waals surface area contributed by atoms with Crippen LogP contribution in [0.4, 0.5) is 0 Å². The maximum atomic E-state index is 14.7. The summed E-state index contributed by atoms with van der Waals surface area (Å²) in [6, 6.07) is 15.9. The Hall–Kier alpha value is -6.23. The summed E-state index contributed by atoms with van der Waals surface area (Å²) in [6.07, 6.45) is 9.83. The van der Waals surface area contributed by atoms with Gasteiger partial charge < -0.3 is 24.7 Å². The molecule has 5 aromatic rings. The number of hydrogen-bond donors (Lipinski definition) is 3. The van der Waals surface area contributed by atoms with E-state index in [0.29, 0.717) is 53.8 Å². The van der Waals surface area contributed by atoms with E-state index in [1.165, 1.54) is 23.5 Å². The van der Waals surface area contributed by atoms with E-state index in [1.807, 2.05) is 60.7 Å². The summed E-state index contributed by atoms with van der Waals surface area (Å²) >= 11 is 0. The number of amides is 4. The number of hydrogen-bond acceptors (Lipinski definition) is 12. The summed E-state index contributed by atoms with van der Waals surface area (Å²) in [7, 11) is -3.92. The number of sulfonamides is 1. The zero-order valence-corrected chi connectivity index (χ0v) is 32.8. The third-order valence-electron chi connectivity index (χ3n) is 11.4. The van der Waals surface area contributed by atoms with Crippen molar-refractivity contribution < 1.29 is 36.7 Å². The van der Waals surface area contributed by atoms with Crippen LogP contribution in [0.5, 0.6) is 5.88 Å². The van der Waals surface area contributed by atoms with E-state index in [1.54, 1.807) is 6.07 Å². The zero-order valence-electron chi connectivity index (χ0n) is 32.0. The first kappa shape index (κ1) is 38.3. The van der Waals surface area contributed by atoms with Gasteiger partial charge in [0.2, 0.25) is 27.7 Å². The quantitative estimate of drug-likeness (QED) is 0.190. The van der Waals surface area contributed by atoms with Gasteiger partial charge in [-0.3, -0.25) is 23.9 Å². The molecule has 1 saturated heterocycles. The minimum Gasteiger partial charge on any atom is -0.471 e. The Balaban J connectivity index is 1.06. The average Bonchev–Trinajstić information content (AvgIpc) is 4.13. The van der Waals surface area contributed by atoms with Crippen molar-refractivity contribution in [2.24, 2.45) is 5.92 Å². The Kier molecular flexibility index (Phi) is 10.1. The number of furan rings is 1. The fourth-order valence-corrected chi connectivity index (χ4v) is 9.35. The van der Waals surface area contributed by atoms with Gasteiger partial charge in [0.25, 0.3) is 11.8 Å². The Morgan fingerprint density at radius 2 is 1.76 bits per heavy atom. The van der Waals surface area contributed by atoms with Crippen LogP contribution in [0.25, 0.3) is 33.5 Å². The molecule has 0 bridgehead atoms. The molecule has 17 heteroatoms. The van der Waals surface area contributed by atoms with Gasteiger partial charge in [-0.1, -0.05) is 55.3 Å². The maximum absolute atomic E-state index is 14.7. The molecule has 9 rings (SSSR count). The molecule has 2 aromatic carbocycles. The van der Waals surface area contributed by atoms with Gasteiger partial charge in [-0.05, 0) is 68.9 Å². The third kappa shape index (κ3) is 7.86. The molecule has 3 fully saturated rings. The van der Waals surface area contributed by atoms with Gasteiger partial charge in [0.15, 0.2) is 11.5 Å². The maximum Gasteiger partial charge on any atom is 0.270 e. The van der Waals surface area contributed by atoms with E-state index in [2.05, 4.69) is 25.3 Å². The van der Waals surface area contributed by atoms with Crippen molar-refractivity contribution >= 4 is 55.7 Å². The largest absolute Gasteiger partial charge is 0.471 e. The van der Waals surface area contributed by atoms with Crippen molar-refractivity contribution in [3.63, 3.8) is 0 Å². The lowest BCUT2D eigenvalue weighted by atomic mass is 10.0. The van der Waals surface area contributed by atoms with Crippen LogP contribution in [0.2, 0.25) is 0 Å². The highest BCUT2D eigenvalue weighted by Crippen LogP contribution is 2.46. The molecule has 3 N–H and O–H groups in total. The Morgan fingerprint density at radius 1 is 0.966 bits per heavy atom. The number of carbonyl (C=O) groups excluding carboxylic acids is 4. The molecule has 2 saturated carbocycles. The molecule has 2 aliphatic heterocycles. The number of para-hydroxylation sites is 3. The second-order valence-electron chi connectivity index (χ2n) is 15.6. The van der Waals surface area contributed by atoms with Crippen molar-refractivity contribution in [2.45, 2.75) is 86.8 Å². The summed E-state index contributed by atoms with van der Waals surface area (Å²) in [5.74, 6) is -2.47. The highest BCUT2D eigenvalue weighted by Gasteiger charge is 2.62. The van der Waals surface area contributed by atoms with Gasteiger partial charge in [-0.25, -0.2) is 28.4 Å². The van der Waals surface area contributed by atoms with E-state index in [0.717, 1.165) is 18.2 Å². The molecule has 0 radical (unpaired) electrons. The van der Waals surface area contributed by atoms with Crippen LogP contribution in [-0.2, 0) is 24.4 Å². The molecular weight excluding hydrogens is 777 g/mol. The van der Waals surface area contributed by atoms with E-state index in [9.17, 15) is 27.6 Å². The normalized spacial score (nSPS) is 25.0. The summed E-state index contributed by atoms with van der Waals surface area (Å²) < 4.78 is 40.9. The van der Waals surface area contributed by atoms with E-state index >= 15 is 0 Å². The smallest absolute Gasteiger partial charge is 0.270 e. The molecule has 3 aromatic heterocycles. The molecule has 304 valence electrons. The van der Waals surface area contributed by atoms with E-state index in [4.69, 9.17) is 19.1 Å². The summed E-state index contributed by atoms with van der Waals surface area (Å²) in [4.78, 5) is 75.6. The van der Waals surface area contributed by atoms with Gasteiger partial charge in [-0.15, -0.1) is 0 Å². The molecular formula is C42H42N8O8S. The zero-order chi connectivity index (χ0) is 40.7. The first-order chi connectivity index (χ1) is 28.6. The lowest BCUT2D eigenvalue weighted by molar-refractivity contribution is -0.141. The second-order valence-corrected chi connectivity index (χ2v) is 17.6. The fraction of sp³-hybridized carbons (Fsp3) is 0.381. The van der Waals surface area contributed by atoms with Gasteiger partial charge in [0.05, 0.1) is 22.8 Å². The SMILES string of the molecule is O=C(N[C@H]1CCCCCC=C[C@@H]2C[C@@]2(C(=O)NS(=O)(=O)C2CC2)NC(=O)[C@@H]2C[C@@H](Oc3nc4ccccc4nc3-c3cc4ccccc4o3)CN2C1=O)c1ccncn1.